The van der Waals surface area contributed by atoms with Crippen molar-refractivity contribution in [3.05, 3.63) is 72.1 Å². The molecule has 0 unspecified atom stereocenters. The van der Waals surface area contributed by atoms with Gasteiger partial charge in [0.25, 0.3) is 5.91 Å². The van der Waals surface area contributed by atoms with Crippen LogP contribution in [0, 0.1) is 0 Å². The quantitative estimate of drug-likeness (QED) is 0.372. The minimum absolute atomic E-state index is 0.00455. The van der Waals surface area contributed by atoms with Crippen LogP contribution in [0.5, 0.6) is 0 Å². The van der Waals surface area contributed by atoms with E-state index in [1.54, 1.807) is 11.0 Å². The lowest BCUT2D eigenvalue weighted by Gasteiger charge is -2.27. The van der Waals surface area contributed by atoms with Crippen LogP contribution in [0.2, 0.25) is 0 Å². The lowest BCUT2D eigenvalue weighted by atomic mass is 10.0. The molecule has 1 aliphatic rings. The second kappa shape index (κ2) is 11.0. The van der Waals surface area contributed by atoms with Crippen LogP contribution >= 0.6 is 0 Å². The smallest absolute Gasteiger partial charge is 0.254 e. The van der Waals surface area contributed by atoms with Gasteiger partial charge in [-0.1, -0.05) is 38.0 Å². The molecule has 0 aliphatic heterocycles. The summed E-state index contributed by atoms with van der Waals surface area (Å²) in [5.41, 5.74) is 2.97. The first kappa shape index (κ1) is 22.9. The van der Waals surface area contributed by atoms with Gasteiger partial charge in [0.1, 0.15) is 6.54 Å². The molecule has 0 radical (unpaired) electrons. The fraction of sp³-hybridized carbons (Fsp3) is 0.462. The van der Waals surface area contributed by atoms with Crippen molar-refractivity contribution >= 4 is 11.8 Å². The van der Waals surface area contributed by atoms with Crippen LogP contribution in [0.1, 0.15) is 60.6 Å². The number of nitrogens with zero attached hydrogens (tertiary/aromatic N) is 3. The van der Waals surface area contributed by atoms with Crippen molar-refractivity contribution in [2.75, 3.05) is 13.1 Å². The summed E-state index contributed by atoms with van der Waals surface area (Å²) in [6.45, 7) is 6.98. The van der Waals surface area contributed by atoms with Gasteiger partial charge in [-0.15, -0.1) is 6.58 Å². The average Bonchev–Trinajstić information content (AvgIpc) is 3.53. The van der Waals surface area contributed by atoms with Crippen LogP contribution in [0.15, 0.2) is 55.3 Å². The van der Waals surface area contributed by atoms with E-state index in [1.165, 1.54) is 24.8 Å². The van der Waals surface area contributed by atoms with Crippen LogP contribution in [-0.2, 0) is 24.8 Å². The Balaban J connectivity index is 1.66. The minimum atomic E-state index is -0.122. The Morgan fingerprint density at radius 3 is 2.48 bits per heavy atom. The summed E-state index contributed by atoms with van der Waals surface area (Å²) in [5.74, 6) is -0.127. The van der Waals surface area contributed by atoms with Gasteiger partial charge in [-0.05, 0) is 55.5 Å². The molecule has 166 valence electrons. The van der Waals surface area contributed by atoms with Gasteiger partial charge in [0.2, 0.25) is 5.91 Å². The lowest BCUT2D eigenvalue weighted by molar-refractivity contribution is -0.133. The Morgan fingerprint density at radius 1 is 1.16 bits per heavy atom. The van der Waals surface area contributed by atoms with E-state index in [4.69, 9.17) is 0 Å². The zero-order chi connectivity index (χ0) is 22.2. The molecule has 31 heavy (non-hydrogen) atoms. The van der Waals surface area contributed by atoms with Crippen LogP contribution < -0.4 is 0 Å². The van der Waals surface area contributed by atoms with Gasteiger partial charge in [0.15, 0.2) is 0 Å². The number of carbonyl (C=O) groups excluding carboxylic acids is 2. The first-order valence-corrected chi connectivity index (χ1v) is 11.4. The van der Waals surface area contributed by atoms with Gasteiger partial charge < -0.3 is 14.4 Å². The Labute approximate surface area is 186 Å². The summed E-state index contributed by atoms with van der Waals surface area (Å²) in [6.07, 6.45) is 10.4. The predicted octanol–water partition coefficient (Wildman–Crippen LogP) is 4.58. The zero-order valence-corrected chi connectivity index (χ0v) is 18.9. The van der Waals surface area contributed by atoms with Crippen LogP contribution in [0.3, 0.4) is 0 Å². The topological polar surface area (TPSA) is 45.6 Å². The number of carbonyl (C=O) groups is 2. The molecule has 1 aromatic heterocycles. The Kier molecular flexibility index (Phi) is 8.10. The fourth-order valence-electron chi connectivity index (χ4n) is 3.85. The van der Waals surface area contributed by atoms with Gasteiger partial charge in [-0.3, -0.25) is 9.59 Å². The molecule has 0 atom stereocenters. The standard InChI is InChI=1S/C26H35N3O2/c1-4-6-7-9-21-11-13-22(14-12-21)26(31)28(17-5-2)20-25(30)29(23-15-16-23)19-24-10-8-18-27(24)3/h5,8,10-14,18,23H,2,4,6-7,9,15-17,19-20H2,1,3H3. The molecule has 0 saturated heterocycles. The maximum absolute atomic E-state index is 13.2. The summed E-state index contributed by atoms with van der Waals surface area (Å²) in [5, 5.41) is 0. The molecule has 3 rings (SSSR count). The molecule has 1 heterocycles. The van der Waals surface area contributed by atoms with Crippen molar-refractivity contribution in [1.29, 1.82) is 0 Å². The monoisotopic (exact) mass is 421 g/mol. The average molecular weight is 422 g/mol. The van der Waals surface area contributed by atoms with Gasteiger partial charge in [-0.25, -0.2) is 0 Å². The highest BCUT2D eigenvalue weighted by Gasteiger charge is 2.34. The maximum atomic E-state index is 13.2. The van der Waals surface area contributed by atoms with Gasteiger partial charge in [0, 0.05) is 37.1 Å². The number of rotatable bonds is 12. The molecule has 1 aliphatic carbocycles. The number of hydrogen-bond acceptors (Lipinski definition) is 2. The van der Waals surface area contributed by atoms with E-state index in [9.17, 15) is 9.59 Å². The third-order valence-electron chi connectivity index (χ3n) is 5.92. The van der Waals surface area contributed by atoms with Gasteiger partial charge in [-0.2, -0.15) is 0 Å². The molecule has 1 aromatic carbocycles. The van der Waals surface area contributed by atoms with E-state index < -0.39 is 0 Å². The Morgan fingerprint density at radius 2 is 1.90 bits per heavy atom. The number of aromatic nitrogens is 1. The third kappa shape index (κ3) is 6.33. The van der Waals surface area contributed by atoms with Crippen molar-refractivity contribution in [3.8, 4) is 0 Å². The summed E-state index contributed by atoms with van der Waals surface area (Å²) < 4.78 is 2.04. The normalized spacial score (nSPS) is 13.1. The maximum Gasteiger partial charge on any atom is 0.254 e. The number of unbranched alkanes of at least 4 members (excludes halogenated alkanes) is 2. The van der Waals surface area contributed by atoms with E-state index in [2.05, 4.69) is 13.5 Å². The highest BCUT2D eigenvalue weighted by Crippen LogP contribution is 2.28. The molecular formula is C26H35N3O2. The molecule has 0 bridgehead atoms. The van der Waals surface area contributed by atoms with Crippen LogP contribution in [0.4, 0.5) is 0 Å². The van der Waals surface area contributed by atoms with E-state index in [-0.39, 0.29) is 24.4 Å². The summed E-state index contributed by atoms with van der Waals surface area (Å²) in [4.78, 5) is 29.8. The Hall–Kier alpha value is -2.82. The molecule has 1 fully saturated rings. The first-order valence-electron chi connectivity index (χ1n) is 11.4. The predicted molar refractivity (Wildman–Crippen MR) is 125 cm³/mol. The van der Waals surface area contributed by atoms with Gasteiger partial charge in [0.05, 0.1) is 6.54 Å². The summed E-state index contributed by atoms with van der Waals surface area (Å²) in [7, 11) is 1.99. The molecule has 2 amide bonds. The zero-order valence-electron chi connectivity index (χ0n) is 18.9. The van der Waals surface area contributed by atoms with Crippen molar-refractivity contribution in [2.24, 2.45) is 7.05 Å². The number of amides is 2. The summed E-state index contributed by atoms with van der Waals surface area (Å²) >= 11 is 0. The van der Waals surface area contributed by atoms with E-state index in [0.29, 0.717) is 18.7 Å². The lowest BCUT2D eigenvalue weighted by Crippen LogP contribution is -2.43. The van der Waals surface area contributed by atoms with Crippen LogP contribution in [0.25, 0.3) is 0 Å². The second-order valence-electron chi connectivity index (χ2n) is 8.49. The third-order valence-corrected chi connectivity index (χ3v) is 5.92. The molecule has 0 spiro atoms. The molecule has 5 heteroatoms. The number of hydrogen-bond donors (Lipinski definition) is 0. The van der Waals surface area contributed by atoms with Crippen molar-refractivity contribution in [1.82, 2.24) is 14.4 Å². The van der Waals surface area contributed by atoms with Crippen LogP contribution in [-0.4, -0.2) is 45.3 Å². The molecule has 2 aromatic rings. The highest BCUT2D eigenvalue weighted by molar-refractivity contribution is 5.96. The van der Waals surface area contributed by atoms with E-state index >= 15 is 0 Å². The SMILES string of the molecule is C=CCN(CC(=O)N(Cc1cccn1C)C1CC1)C(=O)c1ccc(CCCCC)cc1. The second-order valence-corrected chi connectivity index (χ2v) is 8.49. The minimum Gasteiger partial charge on any atom is -0.353 e. The molecule has 5 nitrogen and oxygen atoms in total. The van der Waals surface area contributed by atoms with E-state index in [0.717, 1.165) is 25.0 Å². The first-order chi connectivity index (χ1) is 15.0. The van der Waals surface area contributed by atoms with Crippen molar-refractivity contribution in [3.63, 3.8) is 0 Å². The highest BCUT2D eigenvalue weighted by atomic mass is 16.2. The van der Waals surface area contributed by atoms with Crippen molar-refractivity contribution in [2.45, 2.75) is 58.0 Å². The molecule has 1 saturated carbocycles. The van der Waals surface area contributed by atoms with Gasteiger partial charge >= 0.3 is 0 Å². The van der Waals surface area contributed by atoms with Crippen molar-refractivity contribution < 1.29 is 9.59 Å². The molecular weight excluding hydrogens is 386 g/mol. The van der Waals surface area contributed by atoms with E-state index in [1.807, 2.05) is 59.1 Å². The number of benzene rings is 1. The fourth-order valence-corrected chi connectivity index (χ4v) is 3.85. The molecule has 0 N–H and O–H groups in total. The Bertz CT molecular complexity index is 880. The summed E-state index contributed by atoms with van der Waals surface area (Å²) in [6, 6.07) is 12.1. The number of aryl methyl sites for hydroxylation is 2. The largest absolute Gasteiger partial charge is 0.353 e.